The third-order valence-electron chi connectivity index (χ3n) is 16.2. The van der Waals surface area contributed by atoms with Crippen molar-refractivity contribution in [1.82, 2.24) is 4.90 Å². The second kappa shape index (κ2) is 10.4. The highest BCUT2D eigenvalue weighted by Gasteiger charge is 2.84. The van der Waals surface area contributed by atoms with Crippen molar-refractivity contribution in [3.63, 3.8) is 0 Å². The van der Waals surface area contributed by atoms with Gasteiger partial charge in [0.25, 0.3) is 0 Å². The molecule has 8 aliphatic rings. The van der Waals surface area contributed by atoms with Gasteiger partial charge in [-0.1, -0.05) is 34.6 Å². The molecule has 0 aromatic rings. The van der Waals surface area contributed by atoms with Crippen LogP contribution in [0.1, 0.15) is 105 Å². The second-order valence-corrected chi connectivity index (χ2v) is 20.8. The van der Waals surface area contributed by atoms with Crippen molar-refractivity contribution in [2.45, 2.75) is 136 Å². The van der Waals surface area contributed by atoms with E-state index >= 15 is 0 Å². The minimum absolute atomic E-state index is 0.00317. The molecule has 0 aromatic heterocycles. The monoisotopic (exact) mass is 661 g/mol. The van der Waals surface area contributed by atoms with E-state index in [1.54, 1.807) is 0 Å². The summed E-state index contributed by atoms with van der Waals surface area (Å²) in [6.07, 6.45) is 11.7. The van der Waals surface area contributed by atoms with E-state index in [0.717, 1.165) is 32.1 Å². The fourth-order valence-corrected chi connectivity index (χ4v) is 14.8. The van der Waals surface area contributed by atoms with Crippen molar-refractivity contribution in [3.05, 3.63) is 0 Å². The maximum Gasteiger partial charge on any atom is 0.223 e. The Balaban J connectivity index is 1.01. The van der Waals surface area contributed by atoms with Crippen LogP contribution in [0, 0.1) is 56.7 Å². The van der Waals surface area contributed by atoms with Crippen LogP contribution in [0.5, 0.6) is 0 Å². The molecule has 1 amide bonds. The van der Waals surface area contributed by atoms with Gasteiger partial charge in [-0.05, 0) is 115 Å². The lowest BCUT2D eigenvalue weighted by Crippen LogP contribution is -2.60. The Hall–Kier alpha value is -0.740. The summed E-state index contributed by atoms with van der Waals surface area (Å²) in [5.74, 6) is 2.47. The van der Waals surface area contributed by atoms with Gasteiger partial charge in [0.1, 0.15) is 9.84 Å². The highest BCUT2D eigenvalue weighted by Crippen LogP contribution is 2.89. The number of aliphatic hydroxyl groups is 1. The maximum absolute atomic E-state index is 12.9. The summed E-state index contributed by atoms with van der Waals surface area (Å²) >= 11 is 0. The van der Waals surface area contributed by atoms with Crippen LogP contribution >= 0.6 is 0 Å². The number of amides is 1. The number of hydrogen-bond acceptors (Lipinski definition) is 7. The van der Waals surface area contributed by atoms with Gasteiger partial charge in [0, 0.05) is 24.6 Å². The predicted molar refractivity (Wildman–Crippen MR) is 174 cm³/mol. The smallest absolute Gasteiger partial charge is 0.223 e. The first-order valence-electron chi connectivity index (χ1n) is 18.6. The molecule has 2 heterocycles. The van der Waals surface area contributed by atoms with E-state index in [1.165, 1.54) is 38.4 Å². The molecule has 1 N–H and O–H groups in total. The molecule has 8 fully saturated rings. The van der Waals surface area contributed by atoms with Crippen LogP contribution in [-0.4, -0.2) is 86.7 Å². The standard InChI is InChI=1S/C37H59NO7S/c1-22-17-24(20-46(6,41)42)44-31-30(22)34(4)13-14-37-21-36(37)12-11-27(33(2,3)25(36)9-10-26(37)35(34,5)32(31)40)45-29-19-38(15-16-43-29)28(39)18-23-7-8-23/h22-27,29-32,40H,7-21H2,1-6H3/t22-,24-,25+,26+,27+,29+,30+,31+,32+,34-,35-,36-,37+/m1/s1. The van der Waals surface area contributed by atoms with Crippen molar-refractivity contribution in [1.29, 1.82) is 0 Å². The largest absolute Gasteiger partial charge is 0.390 e. The molecule has 0 unspecified atom stereocenters. The molecule has 8 rings (SSSR count). The number of sulfone groups is 1. The van der Waals surface area contributed by atoms with Gasteiger partial charge in [0.15, 0.2) is 6.29 Å². The molecule has 46 heavy (non-hydrogen) atoms. The third-order valence-corrected chi connectivity index (χ3v) is 17.1. The van der Waals surface area contributed by atoms with E-state index in [-0.39, 0.29) is 63.8 Å². The normalized spacial score (nSPS) is 52.5. The molecule has 2 spiro atoms. The number of carbonyl (C=O) groups is 1. The summed E-state index contributed by atoms with van der Waals surface area (Å²) in [6.45, 7) is 13.7. The molecule has 0 aromatic carbocycles. The molecule has 9 heteroatoms. The molecular formula is C37H59NO7S. The summed E-state index contributed by atoms with van der Waals surface area (Å²) in [6, 6.07) is 0. The van der Waals surface area contributed by atoms with Crippen LogP contribution in [0.25, 0.3) is 0 Å². The number of ether oxygens (including phenoxy) is 3. The van der Waals surface area contributed by atoms with Crippen molar-refractivity contribution < 1.29 is 32.5 Å². The van der Waals surface area contributed by atoms with Crippen LogP contribution in [0.4, 0.5) is 0 Å². The van der Waals surface area contributed by atoms with Gasteiger partial charge in [0.2, 0.25) is 5.91 Å². The number of carbonyl (C=O) groups excluding carboxylic acids is 1. The number of aliphatic hydroxyl groups excluding tert-OH is 1. The average molecular weight is 662 g/mol. The first kappa shape index (κ1) is 32.5. The van der Waals surface area contributed by atoms with Gasteiger partial charge in [0.05, 0.1) is 43.3 Å². The van der Waals surface area contributed by atoms with Crippen LogP contribution in [0.15, 0.2) is 0 Å². The fourth-order valence-electron chi connectivity index (χ4n) is 13.9. The Morgan fingerprint density at radius 3 is 2.43 bits per heavy atom. The third kappa shape index (κ3) is 4.48. The van der Waals surface area contributed by atoms with Gasteiger partial charge in [-0.3, -0.25) is 4.79 Å². The Morgan fingerprint density at radius 1 is 1.00 bits per heavy atom. The van der Waals surface area contributed by atoms with E-state index < -0.39 is 15.9 Å². The van der Waals surface area contributed by atoms with Crippen molar-refractivity contribution in [2.75, 3.05) is 31.7 Å². The zero-order valence-corrected chi connectivity index (χ0v) is 29.9. The van der Waals surface area contributed by atoms with E-state index in [4.69, 9.17) is 14.2 Å². The van der Waals surface area contributed by atoms with Gasteiger partial charge in [-0.25, -0.2) is 8.42 Å². The van der Waals surface area contributed by atoms with Crippen LogP contribution in [0.3, 0.4) is 0 Å². The van der Waals surface area contributed by atoms with Crippen molar-refractivity contribution in [3.8, 4) is 0 Å². The van der Waals surface area contributed by atoms with Crippen molar-refractivity contribution in [2.24, 2.45) is 56.7 Å². The summed E-state index contributed by atoms with van der Waals surface area (Å²) < 4.78 is 44.0. The zero-order chi connectivity index (χ0) is 32.7. The Kier molecular flexibility index (Phi) is 7.34. The maximum atomic E-state index is 12.9. The molecular weight excluding hydrogens is 602 g/mol. The van der Waals surface area contributed by atoms with Gasteiger partial charge < -0.3 is 24.2 Å². The molecule has 2 aliphatic heterocycles. The molecule has 0 radical (unpaired) electrons. The molecule has 8 nitrogen and oxygen atoms in total. The molecule has 6 saturated carbocycles. The number of rotatable bonds is 6. The van der Waals surface area contributed by atoms with Gasteiger partial charge in [-0.15, -0.1) is 0 Å². The van der Waals surface area contributed by atoms with Gasteiger partial charge in [-0.2, -0.15) is 0 Å². The highest BCUT2D eigenvalue weighted by molar-refractivity contribution is 7.90. The molecule has 2 saturated heterocycles. The number of fused-ring (bicyclic) bond motifs is 4. The second-order valence-electron chi connectivity index (χ2n) is 18.6. The van der Waals surface area contributed by atoms with Crippen LogP contribution < -0.4 is 0 Å². The first-order valence-corrected chi connectivity index (χ1v) is 20.7. The molecule has 13 atom stereocenters. The van der Waals surface area contributed by atoms with E-state index in [0.29, 0.717) is 55.2 Å². The topological polar surface area (TPSA) is 102 Å². The molecule has 6 aliphatic carbocycles. The molecule has 0 bridgehead atoms. The lowest BCUT2D eigenvalue weighted by molar-refractivity contribution is -0.248. The Bertz CT molecular complexity index is 1360. The minimum Gasteiger partial charge on any atom is -0.390 e. The zero-order valence-electron chi connectivity index (χ0n) is 29.1. The predicted octanol–water partition coefficient (Wildman–Crippen LogP) is 5.21. The molecule has 260 valence electrons. The Labute approximate surface area is 277 Å². The van der Waals surface area contributed by atoms with E-state index in [2.05, 4.69) is 34.6 Å². The lowest BCUT2D eigenvalue weighted by Gasteiger charge is -2.64. The SMILES string of the molecule is C[C@@H]1C[C@H](CS(C)(=O)=O)O[C@H]2[C@H]1[C@@]1(C)CC[C@@]34C[C@@]35CC[C@H](O[C@H]3CN(C(=O)CC6CC6)CCO3)C(C)(C)[C@@H]5CC[C@H]4[C@]1(C)[C@H]2O. The summed E-state index contributed by atoms with van der Waals surface area (Å²) in [7, 11) is -3.16. The first-order chi connectivity index (χ1) is 21.6. The van der Waals surface area contributed by atoms with Crippen molar-refractivity contribution >= 4 is 15.7 Å². The minimum atomic E-state index is -3.16. The average Bonchev–Trinajstić information content (AvgIpc) is 3.89. The number of nitrogens with zero attached hydrogens (tertiary/aromatic N) is 1. The lowest BCUT2D eigenvalue weighted by atomic mass is 9.41. The number of morpholine rings is 1. The van der Waals surface area contributed by atoms with Crippen LogP contribution in [0.2, 0.25) is 0 Å². The summed E-state index contributed by atoms with van der Waals surface area (Å²) in [5.41, 5.74) is 0.256. The van der Waals surface area contributed by atoms with E-state index in [1.807, 2.05) is 4.90 Å². The number of hydrogen-bond donors (Lipinski definition) is 1. The quantitative estimate of drug-likeness (QED) is 0.417. The summed E-state index contributed by atoms with van der Waals surface area (Å²) in [4.78, 5) is 14.8. The van der Waals surface area contributed by atoms with Crippen LogP contribution in [-0.2, 0) is 28.8 Å². The van der Waals surface area contributed by atoms with Gasteiger partial charge >= 0.3 is 0 Å². The fraction of sp³-hybridized carbons (Fsp3) is 0.973. The van der Waals surface area contributed by atoms with E-state index in [9.17, 15) is 18.3 Å². The summed E-state index contributed by atoms with van der Waals surface area (Å²) in [5, 5.41) is 12.3. The Morgan fingerprint density at radius 2 is 1.72 bits per heavy atom. The highest BCUT2D eigenvalue weighted by atomic mass is 32.2.